The van der Waals surface area contributed by atoms with Crippen LogP contribution in [0.1, 0.15) is 24.8 Å². The second-order valence-corrected chi connectivity index (χ2v) is 4.23. The topological polar surface area (TPSA) is 64.9 Å². The molecule has 1 aliphatic heterocycles. The lowest BCUT2D eigenvalue weighted by molar-refractivity contribution is -0.116. The van der Waals surface area contributed by atoms with Crippen molar-refractivity contribution in [2.45, 2.75) is 25.3 Å². The zero-order valence-electron chi connectivity index (χ0n) is 9.57. The average molecular weight is 229 g/mol. The van der Waals surface area contributed by atoms with E-state index in [1.54, 1.807) is 24.3 Å². The highest BCUT2D eigenvalue weighted by atomic mass is 16.1. The third-order valence-corrected chi connectivity index (χ3v) is 2.89. The molecule has 0 radical (unpaired) electrons. The molecular weight excluding hydrogens is 214 g/mol. The Bertz CT molecular complexity index is 427. The Morgan fingerprint density at radius 3 is 2.82 bits per heavy atom. The molecule has 1 amide bonds. The first kappa shape index (κ1) is 11.6. The summed E-state index contributed by atoms with van der Waals surface area (Å²) in [6.07, 6.45) is 2.73. The molecule has 1 saturated heterocycles. The predicted octanol–water partition coefficient (Wildman–Crippen LogP) is 1.64. The Balaban J connectivity index is 1.86. The molecule has 1 aromatic rings. The van der Waals surface area contributed by atoms with E-state index in [-0.39, 0.29) is 5.91 Å². The van der Waals surface area contributed by atoms with Gasteiger partial charge in [-0.25, -0.2) is 0 Å². The van der Waals surface area contributed by atoms with Gasteiger partial charge in [0.25, 0.3) is 0 Å². The van der Waals surface area contributed by atoms with E-state index < -0.39 is 0 Å². The molecule has 1 aromatic carbocycles. The maximum absolute atomic E-state index is 11.7. The van der Waals surface area contributed by atoms with Gasteiger partial charge in [-0.15, -0.1) is 0 Å². The van der Waals surface area contributed by atoms with E-state index in [9.17, 15) is 4.79 Å². The number of benzene rings is 1. The van der Waals surface area contributed by atoms with E-state index in [0.29, 0.717) is 18.0 Å². The van der Waals surface area contributed by atoms with Gasteiger partial charge in [0.1, 0.15) is 0 Å². The summed E-state index contributed by atoms with van der Waals surface area (Å²) < 4.78 is 0. The monoisotopic (exact) mass is 229 g/mol. The first-order valence-electron chi connectivity index (χ1n) is 5.81. The number of nitrogens with one attached hydrogen (secondary N) is 2. The minimum atomic E-state index is 0.0223. The molecule has 1 unspecified atom stereocenters. The van der Waals surface area contributed by atoms with Gasteiger partial charge >= 0.3 is 0 Å². The third kappa shape index (κ3) is 3.30. The van der Waals surface area contributed by atoms with Crippen LogP contribution in [0.25, 0.3) is 0 Å². The van der Waals surface area contributed by atoms with Gasteiger partial charge in [0, 0.05) is 18.2 Å². The second-order valence-electron chi connectivity index (χ2n) is 4.23. The van der Waals surface area contributed by atoms with E-state index in [4.69, 9.17) is 5.26 Å². The van der Waals surface area contributed by atoms with Gasteiger partial charge < -0.3 is 10.6 Å². The maximum Gasteiger partial charge on any atom is 0.225 e. The number of carbonyl (C=O) groups excluding carboxylic acids is 1. The van der Waals surface area contributed by atoms with Crippen molar-refractivity contribution in [1.82, 2.24) is 5.32 Å². The lowest BCUT2D eigenvalue weighted by Crippen LogP contribution is -2.27. The molecule has 2 N–H and O–H groups in total. The number of rotatable bonds is 3. The molecule has 0 aliphatic carbocycles. The van der Waals surface area contributed by atoms with Crippen molar-refractivity contribution in [3.8, 4) is 6.07 Å². The number of hydrogen-bond acceptors (Lipinski definition) is 3. The molecule has 2 rings (SSSR count). The van der Waals surface area contributed by atoms with Crippen LogP contribution in [0.2, 0.25) is 0 Å². The van der Waals surface area contributed by atoms with Crippen molar-refractivity contribution in [2.75, 3.05) is 11.9 Å². The standard InChI is InChI=1S/C13H15N3O/c14-9-10-3-5-11(6-4-10)16-13(17)8-12-2-1-7-15-12/h3-6,12,15H,1-2,7-8H2,(H,16,17). The molecule has 0 bridgehead atoms. The number of nitriles is 1. The van der Waals surface area contributed by atoms with Gasteiger partial charge in [0.2, 0.25) is 5.91 Å². The first-order valence-corrected chi connectivity index (χ1v) is 5.81. The number of nitrogens with zero attached hydrogens (tertiary/aromatic N) is 1. The zero-order chi connectivity index (χ0) is 12.1. The van der Waals surface area contributed by atoms with Gasteiger partial charge in [0.15, 0.2) is 0 Å². The van der Waals surface area contributed by atoms with Gasteiger partial charge in [-0.1, -0.05) is 0 Å². The molecule has 1 aliphatic rings. The van der Waals surface area contributed by atoms with Crippen LogP contribution in [-0.2, 0) is 4.79 Å². The van der Waals surface area contributed by atoms with Crippen molar-refractivity contribution in [1.29, 1.82) is 5.26 Å². The Morgan fingerprint density at radius 1 is 1.47 bits per heavy atom. The normalized spacial score (nSPS) is 18.6. The highest BCUT2D eigenvalue weighted by Crippen LogP contribution is 2.12. The lowest BCUT2D eigenvalue weighted by Gasteiger charge is -2.10. The first-order chi connectivity index (χ1) is 8.28. The third-order valence-electron chi connectivity index (χ3n) is 2.89. The van der Waals surface area contributed by atoms with Crippen LogP contribution in [-0.4, -0.2) is 18.5 Å². The average Bonchev–Trinajstić information content (AvgIpc) is 2.82. The van der Waals surface area contributed by atoms with Gasteiger partial charge in [-0.05, 0) is 43.7 Å². The second kappa shape index (κ2) is 5.46. The van der Waals surface area contributed by atoms with Gasteiger partial charge in [-0.3, -0.25) is 4.79 Å². The molecule has 17 heavy (non-hydrogen) atoms. The fraction of sp³-hybridized carbons (Fsp3) is 0.385. The summed E-state index contributed by atoms with van der Waals surface area (Å²) in [6, 6.07) is 9.25. The fourth-order valence-corrected chi connectivity index (χ4v) is 1.99. The Hall–Kier alpha value is -1.86. The van der Waals surface area contributed by atoms with E-state index in [1.165, 1.54) is 0 Å². The number of hydrogen-bond donors (Lipinski definition) is 2. The summed E-state index contributed by atoms with van der Waals surface area (Å²) in [5.41, 5.74) is 1.34. The maximum atomic E-state index is 11.7. The number of carbonyl (C=O) groups is 1. The Morgan fingerprint density at radius 2 is 2.24 bits per heavy atom. The quantitative estimate of drug-likeness (QED) is 0.828. The molecule has 88 valence electrons. The van der Waals surface area contributed by atoms with Crippen LogP contribution in [0.5, 0.6) is 0 Å². The molecular formula is C13H15N3O. The molecule has 4 nitrogen and oxygen atoms in total. The predicted molar refractivity (Wildman–Crippen MR) is 65.4 cm³/mol. The van der Waals surface area contributed by atoms with E-state index in [0.717, 1.165) is 25.1 Å². The van der Waals surface area contributed by atoms with Crippen LogP contribution < -0.4 is 10.6 Å². The summed E-state index contributed by atoms with van der Waals surface area (Å²) in [6.45, 7) is 1.01. The summed E-state index contributed by atoms with van der Waals surface area (Å²) in [7, 11) is 0. The van der Waals surface area contributed by atoms with Crippen LogP contribution in [0.4, 0.5) is 5.69 Å². The molecule has 4 heteroatoms. The molecule has 0 saturated carbocycles. The number of amides is 1. The highest BCUT2D eigenvalue weighted by molar-refractivity contribution is 5.91. The van der Waals surface area contributed by atoms with Gasteiger partial charge in [0.05, 0.1) is 11.6 Å². The zero-order valence-corrected chi connectivity index (χ0v) is 9.57. The summed E-state index contributed by atoms with van der Waals surface area (Å²) in [5, 5.41) is 14.8. The smallest absolute Gasteiger partial charge is 0.225 e. The van der Waals surface area contributed by atoms with Crippen molar-refractivity contribution in [3.63, 3.8) is 0 Å². The molecule has 0 aromatic heterocycles. The van der Waals surface area contributed by atoms with Crippen LogP contribution in [0.15, 0.2) is 24.3 Å². The fourth-order valence-electron chi connectivity index (χ4n) is 1.99. The van der Waals surface area contributed by atoms with Crippen molar-refractivity contribution < 1.29 is 4.79 Å². The summed E-state index contributed by atoms with van der Waals surface area (Å²) >= 11 is 0. The van der Waals surface area contributed by atoms with Crippen molar-refractivity contribution in [3.05, 3.63) is 29.8 Å². The summed E-state index contributed by atoms with van der Waals surface area (Å²) in [5.74, 6) is 0.0223. The number of anilines is 1. The minimum absolute atomic E-state index is 0.0223. The van der Waals surface area contributed by atoms with E-state index in [2.05, 4.69) is 10.6 Å². The Kier molecular flexibility index (Phi) is 3.73. The molecule has 0 spiro atoms. The van der Waals surface area contributed by atoms with Crippen LogP contribution >= 0.6 is 0 Å². The van der Waals surface area contributed by atoms with Crippen LogP contribution in [0.3, 0.4) is 0 Å². The summed E-state index contributed by atoms with van der Waals surface area (Å²) in [4.78, 5) is 11.7. The van der Waals surface area contributed by atoms with Crippen molar-refractivity contribution in [2.24, 2.45) is 0 Å². The van der Waals surface area contributed by atoms with Crippen LogP contribution in [0, 0.1) is 11.3 Å². The van der Waals surface area contributed by atoms with Gasteiger partial charge in [-0.2, -0.15) is 5.26 Å². The lowest BCUT2D eigenvalue weighted by atomic mass is 10.1. The molecule has 1 fully saturated rings. The highest BCUT2D eigenvalue weighted by Gasteiger charge is 2.17. The SMILES string of the molecule is N#Cc1ccc(NC(=O)CC2CCCN2)cc1. The van der Waals surface area contributed by atoms with Crippen molar-refractivity contribution >= 4 is 11.6 Å². The van der Waals surface area contributed by atoms with E-state index in [1.807, 2.05) is 6.07 Å². The Labute approximate surface area is 101 Å². The molecule has 1 heterocycles. The minimum Gasteiger partial charge on any atom is -0.326 e. The molecule has 1 atom stereocenters. The largest absolute Gasteiger partial charge is 0.326 e. The van der Waals surface area contributed by atoms with E-state index >= 15 is 0 Å².